The molecule has 29 heavy (non-hydrogen) atoms. The van der Waals surface area contributed by atoms with E-state index >= 15 is 0 Å². The fourth-order valence-corrected chi connectivity index (χ4v) is 3.41. The predicted molar refractivity (Wildman–Crippen MR) is 118 cm³/mol. The van der Waals surface area contributed by atoms with Gasteiger partial charge in [0.1, 0.15) is 12.2 Å². The quantitative estimate of drug-likeness (QED) is 0.383. The molecule has 0 aliphatic rings. The number of fused-ring (bicyclic) bond motifs is 1. The lowest BCUT2D eigenvalue weighted by molar-refractivity contribution is 0.297. The maximum atomic E-state index is 13.3. The summed E-state index contributed by atoms with van der Waals surface area (Å²) in [6.45, 7) is 6.20. The van der Waals surface area contributed by atoms with Crippen LogP contribution >= 0.6 is 11.6 Å². The van der Waals surface area contributed by atoms with E-state index in [-0.39, 0.29) is 17.8 Å². The minimum absolute atomic E-state index is 0.199. The molecule has 0 radical (unpaired) electrons. The maximum absolute atomic E-state index is 13.3. The minimum Gasteiger partial charge on any atom is -0.481 e. The maximum Gasteiger partial charge on any atom is 0.235 e. The van der Waals surface area contributed by atoms with Crippen molar-refractivity contribution in [2.75, 3.05) is 0 Å². The smallest absolute Gasteiger partial charge is 0.235 e. The van der Waals surface area contributed by atoms with Crippen LogP contribution < -0.4 is 10.2 Å². The molecular formula is C25H21ClO3. The monoisotopic (exact) mass is 404 g/mol. The highest BCUT2D eigenvalue weighted by Crippen LogP contribution is 2.33. The molecular weight excluding hydrogens is 384 g/mol. The third-order valence-corrected chi connectivity index (χ3v) is 5.48. The molecule has 3 aromatic carbocycles. The molecule has 0 amide bonds. The summed E-state index contributed by atoms with van der Waals surface area (Å²) in [7, 11) is 0. The van der Waals surface area contributed by atoms with Gasteiger partial charge < -0.3 is 9.15 Å². The van der Waals surface area contributed by atoms with Gasteiger partial charge in [-0.25, -0.2) is 0 Å². The summed E-state index contributed by atoms with van der Waals surface area (Å²) < 4.78 is 12.2. The highest BCUT2D eigenvalue weighted by molar-refractivity contribution is 6.32. The van der Waals surface area contributed by atoms with E-state index in [0.29, 0.717) is 21.8 Å². The molecule has 0 bridgehead atoms. The first kappa shape index (κ1) is 19.3. The molecule has 0 N–H and O–H groups in total. The summed E-state index contributed by atoms with van der Waals surface area (Å²) in [6.07, 6.45) is 0. The van der Waals surface area contributed by atoms with Crippen molar-refractivity contribution in [3.05, 3.63) is 98.2 Å². The van der Waals surface area contributed by atoms with Crippen LogP contribution in [-0.2, 0) is 6.61 Å². The first-order chi connectivity index (χ1) is 13.9. The topological polar surface area (TPSA) is 39.4 Å². The van der Waals surface area contributed by atoms with E-state index in [1.165, 1.54) is 0 Å². The third kappa shape index (κ3) is 3.79. The summed E-state index contributed by atoms with van der Waals surface area (Å²) >= 11 is 6.26. The van der Waals surface area contributed by atoms with Crippen LogP contribution in [0.4, 0.5) is 0 Å². The van der Waals surface area contributed by atoms with Crippen LogP contribution in [0.15, 0.2) is 69.9 Å². The predicted octanol–water partition coefficient (Wildman–Crippen LogP) is 6.62. The van der Waals surface area contributed by atoms with Gasteiger partial charge in [-0.2, -0.15) is 0 Å². The number of benzene rings is 3. The van der Waals surface area contributed by atoms with Crippen molar-refractivity contribution < 1.29 is 9.15 Å². The molecule has 0 fully saturated rings. The molecule has 146 valence electrons. The van der Waals surface area contributed by atoms with Gasteiger partial charge in [0.2, 0.25) is 11.2 Å². The van der Waals surface area contributed by atoms with Crippen molar-refractivity contribution in [1.29, 1.82) is 0 Å². The first-order valence-electron chi connectivity index (χ1n) is 9.45. The summed E-state index contributed by atoms with van der Waals surface area (Å²) in [5.74, 6) is 0.627. The van der Waals surface area contributed by atoms with Crippen LogP contribution in [0.3, 0.4) is 0 Å². The Balaban J connectivity index is 1.89. The Labute approximate surface area is 174 Å². The fourth-order valence-electron chi connectivity index (χ4n) is 3.25. The van der Waals surface area contributed by atoms with E-state index in [2.05, 4.69) is 0 Å². The average molecular weight is 405 g/mol. The van der Waals surface area contributed by atoms with E-state index in [9.17, 15) is 4.79 Å². The molecule has 4 rings (SSSR count). The Morgan fingerprint density at radius 1 is 0.931 bits per heavy atom. The molecule has 4 heteroatoms. The Morgan fingerprint density at radius 2 is 1.66 bits per heavy atom. The van der Waals surface area contributed by atoms with Crippen LogP contribution in [0.25, 0.3) is 22.3 Å². The lowest BCUT2D eigenvalue weighted by Crippen LogP contribution is -2.11. The molecule has 4 aromatic rings. The Morgan fingerprint density at radius 3 is 2.38 bits per heavy atom. The molecule has 0 atom stereocenters. The molecule has 1 aromatic heterocycles. The van der Waals surface area contributed by atoms with E-state index in [4.69, 9.17) is 20.8 Å². The van der Waals surface area contributed by atoms with Crippen LogP contribution in [0.2, 0.25) is 5.02 Å². The zero-order valence-electron chi connectivity index (χ0n) is 16.6. The number of halogens is 1. The van der Waals surface area contributed by atoms with Crippen molar-refractivity contribution >= 4 is 22.6 Å². The second kappa shape index (κ2) is 7.76. The summed E-state index contributed by atoms with van der Waals surface area (Å²) in [6, 6.07) is 19.2. The number of hydrogen-bond acceptors (Lipinski definition) is 3. The second-order valence-electron chi connectivity index (χ2n) is 7.27. The normalized spacial score (nSPS) is 11.0. The van der Waals surface area contributed by atoms with Crippen molar-refractivity contribution in [2.45, 2.75) is 27.4 Å². The van der Waals surface area contributed by atoms with Gasteiger partial charge in [0.15, 0.2) is 5.76 Å². The zero-order valence-corrected chi connectivity index (χ0v) is 17.3. The SMILES string of the molecule is Cc1ccc(-c2oc3cc(C)c(Cl)cc3c(=O)c2OCc2ccccc2C)cc1. The number of ether oxygens (including phenoxy) is 1. The van der Waals surface area contributed by atoms with Crippen LogP contribution in [-0.4, -0.2) is 0 Å². The van der Waals surface area contributed by atoms with Gasteiger partial charge in [-0.05, 0) is 49.6 Å². The van der Waals surface area contributed by atoms with Gasteiger partial charge >= 0.3 is 0 Å². The lowest BCUT2D eigenvalue weighted by atomic mass is 10.1. The number of hydrogen-bond donors (Lipinski definition) is 0. The molecule has 0 saturated carbocycles. The van der Waals surface area contributed by atoms with E-state index in [1.54, 1.807) is 12.1 Å². The zero-order chi connectivity index (χ0) is 20.5. The largest absolute Gasteiger partial charge is 0.481 e. The van der Waals surface area contributed by atoms with Crippen molar-refractivity contribution in [3.63, 3.8) is 0 Å². The highest BCUT2D eigenvalue weighted by atomic mass is 35.5. The molecule has 0 spiro atoms. The highest BCUT2D eigenvalue weighted by Gasteiger charge is 2.19. The number of aryl methyl sites for hydroxylation is 3. The summed E-state index contributed by atoms with van der Waals surface area (Å²) in [5.41, 5.74) is 5.17. The van der Waals surface area contributed by atoms with Gasteiger partial charge in [-0.15, -0.1) is 0 Å². The van der Waals surface area contributed by atoms with Gasteiger partial charge in [-0.3, -0.25) is 4.79 Å². The molecule has 0 aliphatic heterocycles. The van der Waals surface area contributed by atoms with E-state index in [0.717, 1.165) is 27.8 Å². The van der Waals surface area contributed by atoms with Gasteiger partial charge in [0.05, 0.1) is 5.39 Å². The lowest BCUT2D eigenvalue weighted by Gasteiger charge is -2.13. The third-order valence-electron chi connectivity index (χ3n) is 5.08. The minimum atomic E-state index is -0.225. The fraction of sp³-hybridized carbons (Fsp3) is 0.160. The van der Waals surface area contributed by atoms with Crippen molar-refractivity contribution in [2.24, 2.45) is 0 Å². The Hall–Kier alpha value is -3.04. The van der Waals surface area contributed by atoms with Crippen molar-refractivity contribution in [1.82, 2.24) is 0 Å². The van der Waals surface area contributed by atoms with Crippen LogP contribution in [0.1, 0.15) is 22.3 Å². The standard InChI is InChI=1S/C25H21ClO3/c1-15-8-10-18(11-9-15)24-25(28-14-19-7-5-4-6-16(19)2)23(27)20-13-21(26)17(3)12-22(20)29-24/h4-13H,14H2,1-3H3. The van der Waals surface area contributed by atoms with Gasteiger partial charge in [0, 0.05) is 10.6 Å². The van der Waals surface area contributed by atoms with Gasteiger partial charge in [0.25, 0.3) is 0 Å². The molecule has 1 heterocycles. The van der Waals surface area contributed by atoms with E-state index in [1.807, 2.05) is 69.3 Å². The van der Waals surface area contributed by atoms with Crippen LogP contribution in [0, 0.1) is 20.8 Å². The first-order valence-corrected chi connectivity index (χ1v) is 9.83. The number of rotatable bonds is 4. The molecule has 0 saturated heterocycles. The van der Waals surface area contributed by atoms with Crippen LogP contribution in [0.5, 0.6) is 5.75 Å². The van der Waals surface area contributed by atoms with E-state index < -0.39 is 0 Å². The second-order valence-corrected chi connectivity index (χ2v) is 7.68. The molecule has 3 nitrogen and oxygen atoms in total. The average Bonchev–Trinajstić information content (AvgIpc) is 2.70. The van der Waals surface area contributed by atoms with Crippen molar-refractivity contribution in [3.8, 4) is 17.1 Å². The molecule has 0 unspecified atom stereocenters. The van der Waals surface area contributed by atoms with Gasteiger partial charge in [-0.1, -0.05) is 65.7 Å². The Bertz CT molecular complexity index is 1250. The molecule has 0 aliphatic carbocycles. The summed E-state index contributed by atoms with van der Waals surface area (Å²) in [5, 5.41) is 0.939. The summed E-state index contributed by atoms with van der Waals surface area (Å²) in [4.78, 5) is 13.3. The Kier molecular flexibility index (Phi) is 5.16.